The number of carbonyl (C=O) groups is 2. The molecule has 0 heterocycles. The highest BCUT2D eigenvalue weighted by Crippen LogP contribution is 2.22. The maximum absolute atomic E-state index is 12.1. The molecule has 0 N–H and O–H groups in total. The fraction of sp³-hybridized carbons (Fsp3) is 0.273. The fourth-order valence-electron chi connectivity index (χ4n) is 2.27. The molecule has 0 aromatic heterocycles. The average molecular weight is 336 g/mol. The van der Waals surface area contributed by atoms with Gasteiger partial charge in [-0.2, -0.15) is 0 Å². The average Bonchev–Trinajstić information content (AvgIpc) is 2.58. The smallest absolute Gasteiger partial charge is 0.331 e. The molecular weight excluding hydrogens is 312 g/mol. The Morgan fingerprint density at radius 2 is 1.56 bits per heavy atom. The molecule has 2 aromatic carbocycles. The molecule has 0 spiro atoms. The van der Waals surface area contributed by atoms with Crippen molar-refractivity contribution in [3.05, 3.63) is 76.9 Å². The van der Waals surface area contributed by atoms with Crippen molar-refractivity contribution in [2.75, 3.05) is 6.61 Å². The van der Waals surface area contributed by atoms with E-state index in [1.54, 1.807) is 18.2 Å². The minimum absolute atomic E-state index is 0.0365. The first-order valence-electron chi connectivity index (χ1n) is 8.31. The Morgan fingerprint density at radius 3 is 2.12 bits per heavy atom. The van der Waals surface area contributed by atoms with E-state index < -0.39 is 5.97 Å². The van der Waals surface area contributed by atoms with Crippen LogP contribution in [0, 0.1) is 6.92 Å². The third-order valence-electron chi connectivity index (χ3n) is 3.91. The molecule has 25 heavy (non-hydrogen) atoms. The summed E-state index contributed by atoms with van der Waals surface area (Å²) in [5.41, 5.74) is 3.80. The van der Waals surface area contributed by atoms with Gasteiger partial charge in [0.2, 0.25) is 0 Å². The van der Waals surface area contributed by atoms with Crippen LogP contribution < -0.4 is 0 Å². The normalized spacial score (nSPS) is 11.5. The zero-order valence-electron chi connectivity index (χ0n) is 15.2. The molecule has 0 amide bonds. The van der Waals surface area contributed by atoms with Crippen LogP contribution in [0.5, 0.6) is 0 Å². The number of Topliss-reactive ketones (excluding diaryl/α,β-unsaturated/α-hetero) is 1. The third-order valence-corrected chi connectivity index (χ3v) is 3.91. The number of hydrogen-bond donors (Lipinski definition) is 0. The van der Waals surface area contributed by atoms with Gasteiger partial charge in [0.1, 0.15) is 0 Å². The molecule has 3 nitrogen and oxygen atoms in total. The predicted octanol–water partition coefficient (Wildman–Crippen LogP) is 4.73. The molecule has 0 fully saturated rings. The Balaban J connectivity index is 1.88. The second kappa shape index (κ2) is 7.93. The van der Waals surface area contributed by atoms with E-state index in [0.717, 1.165) is 16.7 Å². The summed E-state index contributed by atoms with van der Waals surface area (Å²) in [6.45, 7) is 8.09. The fourth-order valence-corrected chi connectivity index (χ4v) is 2.27. The van der Waals surface area contributed by atoms with Crippen molar-refractivity contribution in [3.8, 4) is 0 Å². The quantitative estimate of drug-likeness (QED) is 0.450. The maximum Gasteiger partial charge on any atom is 0.331 e. The molecule has 0 saturated carbocycles. The van der Waals surface area contributed by atoms with E-state index in [2.05, 4.69) is 20.8 Å². The minimum atomic E-state index is -0.528. The van der Waals surface area contributed by atoms with Crippen molar-refractivity contribution in [2.45, 2.75) is 33.1 Å². The van der Waals surface area contributed by atoms with Gasteiger partial charge in [-0.3, -0.25) is 4.79 Å². The standard InChI is InChI=1S/C22H24O3/c1-16-5-7-17(8-6-16)9-14-21(24)25-15-20(23)18-10-12-19(13-11-18)22(2,3)4/h5-14H,15H2,1-4H3/b14-9+. The first-order valence-corrected chi connectivity index (χ1v) is 8.31. The molecule has 0 bridgehead atoms. The van der Waals surface area contributed by atoms with Crippen LogP contribution in [-0.4, -0.2) is 18.4 Å². The summed E-state index contributed by atoms with van der Waals surface area (Å²) in [5.74, 6) is -0.738. The highest BCUT2D eigenvalue weighted by atomic mass is 16.5. The summed E-state index contributed by atoms with van der Waals surface area (Å²) in [6, 6.07) is 15.2. The summed E-state index contributed by atoms with van der Waals surface area (Å²) >= 11 is 0. The van der Waals surface area contributed by atoms with Gasteiger partial charge in [-0.15, -0.1) is 0 Å². The SMILES string of the molecule is Cc1ccc(/C=C/C(=O)OCC(=O)c2ccc(C(C)(C)C)cc2)cc1. The van der Waals surface area contributed by atoms with Crippen LogP contribution in [0.15, 0.2) is 54.6 Å². The van der Waals surface area contributed by atoms with Crippen molar-refractivity contribution in [1.29, 1.82) is 0 Å². The lowest BCUT2D eigenvalue weighted by atomic mass is 9.86. The van der Waals surface area contributed by atoms with E-state index in [0.29, 0.717) is 5.56 Å². The number of aryl methyl sites for hydroxylation is 1. The Bertz CT molecular complexity index is 760. The van der Waals surface area contributed by atoms with Crippen LogP contribution in [0.4, 0.5) is 0 Å². The van der Waals surface area contributed by atoms with Crippen LogP contribution in [0.3, 0.4) is 0 Å². The van der Waals surface area contributed by atoms with E-state index in [9.17, 15) is 9.59 Å². The minimum Gasteiger partial charge on any atom is -0.454 e. The van der Waals surface area contributed by atoms with Crippen LogP contribution in [0.25, 0.3) is 6.08 Å². The number of rotatable bonds is 5. The summed E-state index contributed by atoms with van der Waals surface area (Å²) in [5, 5.41) is 0. The first-order chi connectivity index (χ1) is 11.8. The first kappa shape index (κ1) is 18.7. The van der Waals surface area contributed by atoms with Gasteiger partial charge in [-0.25, -0.2) is 4.79 Å². The van der Waals surface area contributed by atoms with Crippen molar-refractivity contribution < 1.29 is 14.3 Å². The molecule has 0 atom stereocenters. The number of ketones is 1. The molecular formula is C22H24O3. The number of esters is 1. The van der Waals surface area contributed by atoms with E-state index in [1.807, 2.05) is 43.3 Å². The molecule has 0 aliphatic carbocycles. The van der Waals surface area contributed by atoms with Crippen molar-refractivity contribution in [1.82, 2.24) is 0 Å². The Morgan fingerprint density at radius 1 is 0.960 bits per heavy atom. The Labute approximate surface area is 149 Å². The largest absolute Gasteiger partial charge is 0.454 e. The lowest BCUT2D eigenvalue weighted by molar-refractivity contribution is -0.136. The highest BCUT2D eigenvalue weighted by molar-refractivity contribution is 5.98. The number of ether oxygens (including phenoxy) is 1. The zero-order chi connectivity index (χ0) is 18.4. The summed E-state index contributed by atoms with van der Waals surface area (Å²) in [6.07, 6.45) is 3.00. The topological polar surface area (TPSA) is 43.4 Å². The van der Waals surface area contributed by atoms with E-state index in [4.69, 9.17) is 4.74 Å². The van der Waals surface area contributed by atoms with Crippen LogP contribution in [0.2, 0.25) is 0 Å². The monoisotopic (exact) mass is 336 g/mol. The van der Waals surface area contributed by atoms with Gasteiger partial charge in [0.15, 0.2) is 12.4 Å². The predicted molar refractivity (Wildman–Crippen MR) is 101 cm³/mol. The van der Waals surface area contributed by atoms with E-state index >= 15 is 0 Å². The second-order valence-electron chi connectivity index (χ2n) is 7.10. The van der Waals surface area contributed by atoms with Crippen LogP contribution in [0.1, 0.15) is 47.8 Å². The molecule has 0 aliphatic rings. The summed E-state index contributed by atoms with van der Waals surface area (Å²) in [7, 11) is 0. The van der Waals surface area contributed by atoms with E-state index in [-0.39, 0.29) is 17.8 Å². The van der Waals surface area contributed by atoms with Gasteiger partial charge in [-0.1, -0.05) is 74.9 Å². The van der Waals surface area contributed by atoms with E-state index in [1.165, 1.54) is 6.08 Å². The molecule has 3 heteroatoms. The third kappa shape index (κ3) is 5.71. The molecule has 2 aromatic rings. The lowest BCUT2D eigenvalue weighted by Crippen LogP contribution is -2.14. The molecule has 2 rings (SSSR count). The Hall–Kier alpha value is -2.68. The molecule has 0 unspecified atom stereocenters. The summed E-state index contributed by atoms with van der Waals surface area (Å²) in [4.78, 5) is 23.9. The van der Waals surface area contributed by atoms with Gasteiger partial charge in [0, 0.05) is 11.6 Å². The molecule has 130 valence electrons. The van der Waals surface area contributed by atoms with Gasteiger partial charge >= 0.3 is 5.97 Å². The Kier molecular flexibility index (Phi) is 5.92. The number of carbonyl (C=O) groups excluding carboxylic acids is 2. The van der Waals surface area contributed by atoms with Gasteiger partial charge < -0.3 is 4.74 Å². The number of hydrogen-bond acceptors (Lipinski definition) is 3. The van der Waals surface area contributed by atoms with Crippen molar-refractivity contribution in [2.24, 2.45) is 0 Å². The summed E-state index contributed by atoms with van der Waals surface area (Å²) < 4.78 is 5.03. The van der Waals surface area contributed by atoms with Crippen molar-refractivity contribution >= 4 is 17.8 Å². The molecule has 0 radical (unpaired) electrons. The van der Waals surface area contributed by atoms with Crippen LogP contribution >= 0.6 is 0 Å². The molecule has 0 saturated heterocycles. The maximum atomic E-state index is 12.1. The van der Waals surface area contributed by atoms with Gasteiger partial charge in [-0.05, 0) is 29.5 Å². The van der Waals surface area contributed by atoms with Gasteiger partial charge in [0.25, 0.3) is 0 Å². The number of benzene rings is 2. The molecule has 0 aliphatic heterocycles. The van der Waals surface area contributed by atoms with Crippen molar-refractivity contribution in [3.63, 3.8) is 0 Å². The highest BCUT2D eigenvalue weighted by Gasteiger charge is 2.14. The second-order valence-corrected chi connectivity index (χ2v) is 7.10. The van der Waals surface area contributed by atoms with Gasteiger partial charge in [0.05, 0.1) is 0 Å². The van der Waals surface area contributed by atoms with Crippen LogP contribution in [-0.2, 0) is 14.9 Å². The lowest BCUT2D eigenvalue weighted by Gasteiger charge is -2.18. The zero-order valence-corrected chi connectivity index (χ0v) is 15.2.